The molecule has 0 heterocycles. The Kier molecular flexibility index (Phi) is 4.84. The molecule has 3 aromatic carbocycles. The second kappa shape index (κ2) is 7.58. The first-order valence-electron chi connectivity index (χ1n) is 8.83. The maximum absolute atomic E-state index is 5.48. The van der Waals surface area contributed by atoms with Gasteiger partial charge in [-0.15, -0.1) is 0 Å². The van der Waals surface area contributed by atoms with Crippen LogP contribution in [-0.4, -0.2) is 11.2 Å². The molecule has 3 nitrogen and oxygen atoms in total. The Morgan fingerprint density at radius 2 is 1.23 bits per heavy atom. The summed E-state index contributed by atoms with van der Waals surface area (Å²) in [7, 11) is 0. The lowest BCUT2D eigenvalue weighted by atomic mass is 10.1. The Morgan fingerprint density at radius 3 is 1.88 bits per heavy atom. The number of nitrogens with one attached hydrogen (secondary N) is 3. The smallest absolute Gasteiger partial charge is 0.171 e. The number of rotatable bonds is 4. The fourth-order valence-electron chi connectivity index (χ4n) is 3.34. The van der Waals surface area contributed by atoms with Crippen LogP contribution in [0.15, 0.2) is 78.9 Å². The number of fused-ring (bicyclic) bond motifs is 1. The Bertz CT molecular complexity index is 866. The SMILES string of the molecule is S=C(Nc1ccc(Nc2ccccc2)cc1)NC1Cc2ccccc2C1. The van der Waals surface area contributed by atoms with Crippen LogP contribution < -0.4 is 16.0 Å². The van der Waals surface area contributed by atoms with Gasteiger partial charge in [-0.2, -0.15) is 0 Å². The van der Waals surface area contributed by atoms with Gasteiger partial charge in [0.05, 0.1) is 0 Å². The van der Waals surface area contributed by atoms with E-state index >= 15 is 0 Å². The molecule has 1 aliphatic carbocycles. The number of benzene rings is 3. The van der Waals surface area contributed by atoms with Gasteiger partial charge in [-0.05, 0) is 72.6 Å². The van der Waals surface area contributed by atoms with Crippen LogP contribution in [0.3, 0.4) is 0 Å². The van der Waals surface area contributed by atoms with Crippen molar-refractivity contribution >= 4 is 34.4 Å². The van der Waals surface area contributed by atoms with Crippen molar-refractivity contribution in [2.75, 3.05) is 10.6 Å². The van der Waals surface area contributed by atoms with E-state index in [1.165, 1.54) is 11.1 Å². The van der Waals surface area contributed by atoms with Gasteiger partial charge in [-0.3, -0.25) is 0 Å². The molecule has 0 aliphatic heterocycles. The van der Waals surface area contributed by atoms with Crippen molar-refractivity contribution in [3.8, 4) is 0 Å². The quantitative estimate of drug-likeness (QED) is 0.580. The molecular weight excluding hydrogens is 338 g/mol. The van der Waals surface area contributed by atoms with E-state index < -0.39 is 0 Å². The van der Waals surface area contributed by atoms with Crippen LogP contribution in [0, 0.1) is 0 Å². The van der Waals surface area contributed by atoms with Crippen LogP contribution in [0.2, 0.25) is 0 Å². The molecule has 0 amide bonds. The van der Waals surface area contributed by atoms with Gasteiger partial charge in [-0.1, -0.05) is 42.5 Å². The zero-order valence-electron chi connectivity index (χ0n) is 14.4. The summed E-state index contributed by atoms with van der Waals surface area (Å²) in [4.78, 5) is 0. The first-order valence-corrected chi connectivity index (χ1v) is 9.23. The Hall–Kier alpha value is -2.85. The number of thiocarbonyl (C=S) groups is 1. The van der Waals surface area contributed by atoms with E-state index in [-0.39, 0.29) is 0 Å². The van der Waals surface area contributed by atoms with E-state index in [0.717, 1.165) is 29.9 Å². The van der Waals surface area contributed by atoms with E-state index in [0.29, 0.717) is 11.2 Å². The summed E-state index contributed by atoms with van der Waals surface area (Å²) < 4.78 is 0. The Balaban J connectivity index is 1.31. The number of anilines is 3. The molecule has 0 spiro atoms. The molecule has 3 N–H and O–H groups in total. The van der Waals surface area contributed by atoms with Gasteiger partial charge in [0.15, 0.2) is 5.11 Å². The molecule has 4 rings (SSSR count). The van der Waals surface area contributed by atoms with E-state index in [1.807, 2.05) is 54.6 Å². The molecule has 3 aromatic rings. The van der Waals surface area contributed by atoms with E-state index in [2.05, 4.69) is 40.2 Å². The zero-order chi connectivity index (χ0) is 17.8. The molecule has 0 fully saturated rings. The largest absolute Gasteiger partial charge is 0.359 e. The third-order valence-electron chi connectivity index (χ3n) is 4.59. The minimum Gasteiger partial charge on any atom is -0.359 e. The highest BCUT2D eigenvalue weighted by Crippen LogP contribution is 2.22. The van der Waals surface area contributed by atoms with Crippen molar-refractivity contribution in [2.45, 2.75) is 18.9 Å². The van der Waals surface area contributed by atoms with Gasteiger partial charge in [0.2, 0.25) is 0 Å². The molecule has 0 saturated carbocycles. The first-order chi connectivity index (χ1) is 12.8. The van der Waals surface area contributed by atoms with Crippen molar-refractivity contribution in [3.05, 3.63) is 90.0 Å². The van der Waals surface area contributed by atoms with Crippen LogP contribution >= 0.6 is 12.2 Å². The molecule has 130 valence electrons. The molecule has 0 aromatic heterocycles. The lowest BCUT2D eigenvalue weighted by Crippen LogP contribution is -2.38. The number of para-hydroxylation sites is 1. The maximum Gasteiger partial charge on any atom is 0.171 e. The summed E-state index contributed by atoms with van der Waals surface area (Å²) in [6, 6.07) is 27.3. The van der Waals surface area contributed by atoms with E-state index in [9.17, 15) is 0 Å². The third kappa shape index (κ3) is 4.03. The van der Waals surface area contributed by atoms with Crippen molar-refractivity contribution in [1.29, 1.82) is 0 Å². The average molecular weight is 359 g/mol. The van der Waals surface area contributed by atoms with E-state index in [1.54, 1.807) is 0 Å². The Labute approximate surface area is 159 Å². The predicted octanol–water partition coefficient (Wildman–Crippen LogP) is 4.88. The first kappa shape index (κ1) is 16.6. The van der Waals surface area contributed by atoms with Gasteiger partial charge < -0.3 is 16.0 Å². The lowest BCUT2D eigenvalue weighted by molar-refractivity contribution is 0.648. The highest BCUT2D eigenvalue weighted by Gasteiger charge is 2.21. The van der Waals surface area contributed by atoms with Gasteiger partial charge in [0.25, 0.3) is 0 Å². The number of hydrogen-bond donors (Lipinski definition) is 3. The lowest BCUT2D eigenvalue weighted by Gasteiger charge is -2.16. The average Bonchev–Trinajstić information content (AvgIpc) is 3.06. The third-order valence-corrected chi connectivity index (χ3v) is 4.81. The zero-order valence-corrected chi connectivity index (χ0v) is 15.2. The van der Waals surface area contributed by atoms with Gasteiger partial charge in [0.1, 0.15) is 0 Å². The molecule has 0 bridgehead atoms. The topological polar surface area (TPSA) is 36.1 Å². The van der Waals surface area contributed by atoms with Crippen molar-refractivity contribution < 1.29 is 0 Å². The van der Waals surface area contributed by atoms with Crippen LogP contribution in [0.25, 0.3) is 0 Å². The molecule has 0 unspecified atom stereocenters. The summed E-state index contributed by atoms with van der Waals surface area (Å²) >= 11 is 5.48. The Morgan fingerprint density at radius 1 is 0.692 bits per heavy atom. The second-order valence-corrected chi connectivity index (χ2v) is 6.95. The summed E-state index contributed by atoms with van der Waals surface area (Å²) in [5.74, 6) is 0. The summed E-state index contributed by atoms with van der Waals surface area (Å²) in [5.41, 5.74) is 5.95. The minimum atomic E-state index is 0.367. The molecule has 0 atom stereocenters. The van der Waals surface area contributed by atoms with Crippen LogP contribution in [0.4, 0.5) is 17.1 Å². The van der Waals surface area contributed by atoms with Crippen molar-refractivity contribution in [3.63, 3.8) is 0 Å². The standard InChI is InChI=1S/C22H21N3S/c26-22(25-21-14-16-6-4-5-7-17(16)15-21)24-20-12-10-19(11-13-20)23-18-8-2-1-3-9-18/h1-13,21,23H,14-15H2,(H2,24,25,26). The summed E-state index contributed by atoms with van der Waals surface area (Å²) in [5, 5.41) is 10.8. The summed E-state index contributed by atoms with van der Waals surface area (Å²) in [6.45, 7) is 0. The fraction of sp³-hybridized carbons (Fsp3) is 0.136. The molecule has 0 radical (unpaired) electrons. The fourth-order valence-corrected chi connectivity index (χ4v) is 3.62. The second-order valence-electron chi connectivity index (χ2n) is 6.54. The van der Waals surface area contributed by atoms with Crippen molar-refractivity contribution in [2.24, 2.45) is 0 Å². The highest BCUT2D eigenvalue weighted by atomic mass is 32.1. The van der Waals surface area contributed by atoms with Gasteiger partial charge >= 0.3 is 0 Å². The molecule has 4 heteroatoms. The normalized spacial score (nSPS) is 13.1. The highest BCUT2D eigenvalue weighted by molar-refractivity contribution is 7.80. The molecule has 0 saturated heterocycles. The summed E-state index contributed by atoms with van der Waals surface area (Å²) in [6.07, 6.45) is 2.05. The maximum atomic E-state index is 5.48. The number of hydrogen-bond acceptors (Lipinski definition) is 2. The molecule has 26 heavy (non-hydrogen) atoms. The van der Waals surface area contributed by atoms with Crippen LogP contribution in [0.5, 0.6) is 0 Å². The van der Waals surface area contributed by atoms with E-state index in [4.69, 9.17) is 12.2 Å². The minimum absolute atomic E-state index is 0.367. The van der Waals surface area contributed by atoms with Gasteiger partial charge in [-0.25, -0.2) is 0 Å². The van der Waals surface area contributed by atoms with Crippen LogP contribution in [0.1, 0.15) is 11.1 Å². The van der Waals surface area contributed by atoms with Gasteiger partial charge in [0, 0.05) is 23.1 Å². The monoisotopic (exact) mass is 359 g/mol. The van der Waals surface area contributed by atoms with Crippen LogP contribution in [-0.2, 0) is 12.8 Å². The molecular formula is C22H21N3S. The molecule has 1 aliphatic rings. The van der Waals surface area contributed by atoms with Crippen molar-refractivity contribution in [1.82, 2.24) is 5.32 Å². The predicted molar refractivity (Wildman–Crippen MR) is 113 cm³/mol.